The summed E-state index contributed by atoms with van der Waals surface area (Å²) in [5, 5.41) is 6.50. The van der Waals surface area contributed by atoms with Crippen LogP contribution in [-0.2, 0) is 0 Å². The second kappa shape index (κ2) is 8.37. The van der Waals surface area contributed by atoms with Crippen molar-refractivity contribution >= 4 is 29.1 Å². The lowest BCUT2D eigenvalue weighted by atomic mass is 9.95. The summed E-state index contributed by atoms with van der Waals surface area (Å²) in [6.07, 6.45) is 5.62. The lowest BCUT2D eigenvalue weighted by Crippen LogP contribution is -2.36. The predicted molar refractivity (Wildman–Crippen MR) is 105 cm³/mol. The molecular weight excluding hydrogens is 348 g/mol. The van der Waals surface area contributed by atoms with Gasteiger partial charge in [0.2, 0.25) is 0 Å². The quantitative estimate of drug-likeness (QED) is 0.798. The van der Waals surface area contributed by atoms with Gasteiger partial charge in [0.15, 0.2) is 0 Å². The number of hydrogen-bond acceptors (Lipinski definition) is 2. The van der Waals surface area contributed by atoms with Crippen molar-refractivity contribution in [1.82, 2.24) is 5.32 Å². The zero-order valence-electron chi connectivity index (χ0n) is 14.8. The highest BCUT2D eigenvalue weighted by molar-refractivity contribution is 6.31. The first-order valence-corrected chi connectivity index (χ1v) is 9.39. The van der Waals surface area contributed by atoms with Gasteiger partial charge < -0.3 is 10.6 Å². The van der Waals surface area contributed by atoms with Gasteiger partial charge in [-0.15, -0.1) is 0 Å². The number of carbonyl (C=O) groups excluding carboxylic acids is 2. The molecule has 1 fully saturated rings. The summed E-state index contributed by atoms with van der Waals surface area (Å²) in [4.78, 5) is 25.0. The van der Waals surface area contributed by atoms with Gasteiger partial charge in [-0.2, -0.15) is 0 Å². The van der Waals surface area contributed by atoms with Gasteiger partial charge in [-0.25, -0.2) is 0 Å². The molecule has 4 nitrogen and oxygen atoms in total. The molecule has 0 unspecified atom stereocenters. The van der Waals surface area contributed by atoms with E-state index in [-0.39, 0.29) is 17.9 Å². The van der Waals surface area contributed by atoms with Crippen LogP contribution in [0.1, 0.15) is 58.4 Å². The maximum Gasteiger partial charge on any atom is 0.255 e. The molecule has 0 aromatic heterocycles. The van der Waals surface area contributed by atoms with Gasteiger partial charge in [0, 0.05) is 27.9 Å². The molecule has 1 aliphatic carbocycles. The Morgan fingerprint density at radius 1 is 0.962 bits per heavy atom. The maximum atomic E-state index is 12.5. The molecule has 26 heavy (non-hydrogen) atoms. The molecule has 136 valence electrons. The van der Waals surface area contributed by atoms with Crippen molar-refractivity contribution in [2.75, 3.05) is 5.32 Å². The lowest BCUT2D eigenvalue weighted by Gasteiger charge is -2.22. The summed E-state index contributed by atoms with van der Waals surface area (Å²) < 4.78 is 0. The van der Waals surface area contributed by atoms with Crippen LogP contribution in [0.3, 0.4) is 0 Å². The minimum absolute atomic E-state index is 0.120. The lowest BCUT2D eigenvalue weighted by molar-refractivity contribution is 0.0927. The fourth-order valence-electron chi connectivity index (χ4n) is 3.19. The van der Waals surface area contributed by atoms with Crippen molar-refractivity contribution in [1.29, 1.82) is 0 Å². The van der Waals surface area contributed by atoms with E-state index in [4.69, 9.17) is 11.6 Å². The minimum Gasteiger partial charge on any atom is -0.349 e. The van der Waals surface area contributed by atoms with Crippen LogP contribution in [0.5, 0.6) is 0 Å². The molecule has 5 heteroatoms. The van der Waals surface area contributed by atoms with E-state index in [0.717, 1.165) is 31.2 Å². The van der Waals surface area contributed by atoms with Crippen LogP contribution >= 0.6 is 11.6 Å². The third-order valence-corrected chi connectivity index (χ3v) is 5.16. The highest BCUT2D eigenvalue weighted by Crippen LogP contribution is 2.21. The molecule has 2 aromatic rings. The Morgan fingerprint density at radius 3 is 2.35 bits per heavy atom. The zero-order valence-corrected chi connectivity index (χ0v) is 15.6. The van der Waals surface area contributed by atoms with Gasteiger partial charge in [0.25, 0.3) is 11.8 Å². The van der Waals surface area contributed by atoms with Gasteiger partial charge >= 0.3 is 0 Å². The first kappa shape index (κ1) is 18.5. The van der Waals surface area contributed by atoms with Crippen molar-refractivity contribution in [2.45, 2.75) is 45.1 Å². The Bertz CT molecular complexity index is 813. The van der Waals surface area contributed by atoms with Gasteiger partial charge in [-0.05, 0) is 55.7 Å². The highest BCUT2D eigenvalue weighted by Gasteiger charge is 2.17. The molecule has 1 saturated carbocycles. The van der Waals surface area contributed by atoms with E-state index in [1.165, 1.54) is 6.42 Å². The third kappa shape index (κ3) is 4.64. The Labute approximate surface area is 158 Å². The fourth-order valence-corrected chi connectivity index (χ4v) is 3.37. The molecule has 3 rings (SSSR count). The molecule has 1 aliphatic rings. The Morgan fingerprint density at radius 2 is 1.65 bits per heavy atom. The second-order valence-electron chi connectivity index (χ2n) is 6.81. The molecule has 0 saturated heterocycles. The van der Waals surface area contributed by atoms with Crippen LogP contribution in [0.15, 0.2) is 42.5 Å². The zero-order chi connectivity index (χ0) is 18.5. The molecule has 2 N–H and O–H groups in total. The highest BCUT2D eigenvalue weighted by atomic mass is 35.5. The summed E-state index contributed by atoms with van der Waals surface area (Å²) in [5.74, 6) is -0.387. The standard InChI is InChI=1S/C21H23ClN2O2/c1-14-10-11-18(13-19(14)22)24-21(26)16-7-5-6-15(12-16)20(25)23-17-8-3-2-4-9-17/h5-7,10-13,17H,2-4,8-9H2,1H3,(H,23,25)(H,24,26). The predicted octanol–water partition coefficient (Wildman–Crippen LogP) is 4.96. The number of halogens is 1. The second-order valence-corrected chi connectivity index (χ2v) is 7.21. The fraction of sp³-hybridized carbons (Fsp3) is 0.333. The number of anilines is 1. The van der Waals surface area contributed by atoms with E-state index in [1.54, 1.807) is 36.4 Å². The van der Waals surface area contributed by atoms with E-state index < -0.39 is 0 Å². The van der Waals surface area contributed by atoms with E-state index in [0.29, 0.717) is 21.8 Å². The minimum atomic E-state index is -0.266. The molecule has 0 bridgehead atoms. The molecule has 0 atom stereocenters. The Hall–Kier alpha value is -2.33. The van der Waals surface area contributed by atoms with Gasteiger partial charge in [-0.3, -0.25) is 9.59 Å². The van der Waals surface area contributed by atoms with Gasteiger partial charge in [-0.1, -0.05) is 43.0 Å². The third-order valence-electron chi connectivity index (χ3n) is 4.76. The number of benzene rings is 2. The molecule has 0 radical (unpaired) electrons. The molecular formula is C21H23ClN2O2. The van der Waals surface area contributed by atoms with Crippen molar-refractivity contribution in [3.8, 4) is 0 Å². The van der Waals surface area contributed by atoms with Crippen LogP contribution in [0.2, 0.25) is 5.02 Å². The number of amides is 2. The number of aryl methyl sites for hydroxylation is 1. The van der Waals surface area contributed by atoms with Gasteiger partial charge in [0.1, 0.15) is 0 Å². The summed E-state index contributed by atoms with van der Waals surface area (Å²) in [6.45, 7) is 1.91. The van der Waals surface area contributed by atoms with Crippen molar-refractivity contribution in [3.05, 3.63) is 64.2 Å². The molecule has 0 spiro atoms. The number of carbonyl (C=O) groups is 2. The van der Waals surface area contributed by atoms with E-state index in [1.807, 2.05) is 13.0 Å². The summed E-state index contributed by atoms with van der Waals surface area (Å²) in [6, 6.07) is 12.4. The van der Waals surface area contributed by atoms with Crippen molar-refractivity contribution < 1.29 is 9.59 Å². The average molecular weight is 371 g/mol. The first-order chi connectivity index (χ1) is 12.5. The van der Waals surface area contributed by atoms with Crippen LogP contribution in [0.4, 0.5) is 5.69 Å². The average Bonchev–Trinajstić information content (AvgIpc) is 2.65. The van der Waals surface area contributed by atoms with E-state index in [9.17, 15) is 9.59 Å². The topological polar surface area (TPSA) is 58.2 Å². The van der Waals surface area contributed by atoms with Crippen LogP contribution in [-0.4, -0.2) is 17.9 Å². The first-order valence-electron chi connectivity index (χ1n) is 9.01. The molecule has 2 amide bonds. The van der Waals surface area contributed by atoms with Gasteiger partial charge in [0.05, 0.1) is 0 Å². The summed E-state index contributed by atoms with van der Waals surface area (Å²) >= 11 is 6.10. The number of rotatable bonds is 4. The molecule has 0 aliphatic heterocycles. The van der Waals surface area contributed by atoms with Crippen LogP contribution in [0, 0.1) is 6.92 Å². The number of hydrogen-bond donors (Lipinski definition) is 2. The maximum absolute atomic E-state index is 12.5. The SMILES string of the molecule is Cc1ccc(NC(=O)c2cccc(C(=O)NC3CCCCC3)c2)cc1Cl. The Kier molecular flexibility index (Phi) is 5.94. The molecule has 0 heterocycles. The summed E-state index contributed by atoms with van der Waals surface area (Å²) in [5.41, 5.74) is 2.52. The smallest absolute Gasteiger partial charge is 0.255 e. The van der Waals surface area contributed by atoms with Crippen LogP contribution < -0.4 is 10.6 Å². The van der Waals surface area contributed by atoms with Crippen LogP contribution in [0.25, 0.3) is 0 Å². The Balaban J connectivity index is 1.68. The van der Waals surface area contributed by atoms with E-state index >= 15 is 0 Å². The largest absolute Gasteiger partial charge is 0.349 e. The van der Waals surface area contributed by atoms with E-state index in [2.05, 4.69) is 10.6 Å². The van der Waals surface area contributed by atoms with Crippen molar-refractivity contribution in [3.63, 3.8) is 0 Å². The van der Waals surface area contributed by atoms with Crippen molar-refractivity contribution in [2.24, 2.45) is 0 Å². The molecule has 2 aromatic carbocycles. The normalized spacial score (nSPS) is 14.7. The monoisotopic (exact) mass is 370 g/mol. The summed E-state index contributed by atoms with van der Waals surface area (Å²) in [7, 11) is 0. The number of nitrogens with one attached hydrogen (secondary N) is 2.